The van der Waals surface area contributed by atoms with E-state index in [9.17, 15) is 0 Å². The average Bonchev–Trinajstić information content (AvgIpc) is 2.49. The second kappa shape index (κ2) is 6.01. The monoisotopic (exact) mass is 253 g/mol. The summed E-state index contributed by atoms with van der Waals surface area (Å²) < 4.78 is 0. The van der Waals surface area contributed by atoms with Crippen LogP contribution in [-0.2, 0) is 5.41 Å². The van der Waals surface area contributed by atoms with E-state index in [1.807, 2.05) is 12.4 Å². The first kappa shape index (κ1) is 13.8. The molecule has 0 saturated heterocycles. The van der Waals surface area contributed by atoms with Gasteiger partial charge < -0.3 is 0 Å². The van der Waals surface area contributed by atoms with Crippen LogP contribution in [0.25, 0.3) is 0 Å². The fourth-order valence-electron chi connectivity index (χ4n) is 2.79. The lowest BCUT2D eigenvalue weighted by Gasteiger charge is -2.32. The lowest BCUT2D eigenvalue weighted by atomic mass is 9.72. The molecule has 100 valence electrons. The summed E-state index contributed by atoms with van der Waals surface area (Å²) in [4.78, 5) is 4.10. The lowest BCUT2D eigenvalue weighted by molar-refractivity contribution is 0.387. The van der Waals surface area contributed by atoms with Crippen molar-refractivity contribution in [3.8, 4) is 0 Å². The Kier molecular flexibility index (Phi) is 4.36. The molecule has 19 heavy (non-hydrogen) atoms. The highest BCUT2D eigenvalue weighted by Crippen LogP contribution is 2.37. The second-order valence-corrected chi connectivity index (χ2v) is 5.67. The normalized spacial score (nSPS) is 15.7. The molecule has 0 aliphatic carbocycles. The van der Waals surface area contributed by atoms with Crippen molar-refractivity contribution in [1.29, 1.82) is 0 Å². The molecule has 0 aliphatic rings. The summed E-state index contributed by atoms with van der Waals surface area (Å²) in [6.45, 7) is 6.97. The largest absolute Gasteiger partial charge is 0.265 e. The van der Waals surface area contributed by atoms with Gasteiger partial charge in [-0.1, -0.05) is 51.1 Å². The van der Waals surface area contributed by atoms with E-state index in [0.717, 1.165) is 12.8 Å². The van der Waals surface area contributed by atoms with Crippen LogP contribution in [0.15, 0.2) is 54.9 Å². The van der Waals surface area contributed by atoms with Gasteiger partial charge in [0.1, 0.15) is 0 Å². The summed E-state index contributed by atoms with van der Waals surface area (Å²) in [5.74, 6) is 0.549. The topological polar surface area (TPSA) is 12.9 Å². The third-order valence-corrected chi connectivity index (χ3v) is 4.28. The molecule has 1 nitrogen and oxygen atoms in total. The van der Waals surface area contributed by atoms with Gasteiger partial charge in [0.05, 0.1) is 0 Å². The van der Waals surface area contributed by atoms with Crippen molar-refractivity contribution in [3.05, 3.63) is 66.0 Å². The van der Waals surface area contributed by atoms with Crippen LogP contribution < -0.4 is 0 Å². The molecule has 1 heteroatoms. The number of aromatic nitrogens is 1. The van der Waals surface area contributed by atoms with Crippen LogP contribution >= 0.6 is 0 Å². The molecule has 2 rings (SSSR count). The second-order valence-electron chi connectivity index (χ2n) is 5.67. The van der Waals surface area contributed by atoms with E-state index < -0.39 is 0 Å². The Bertz CT molecular complexity index is 492. The van der Waals surface area contributed by atoms with Gasteiger partial charge in [-0.25, -0.2) is 0 Å². The molecule has 1 aromatic heterocycles. The zero-order chi connectivity index (χ0) is 13.7. The van der Waals surface area contributed by atoms with Gasteiger partial charge in [-0.15, -0.1) is 0 Å². The van der Waals surface area contributed by atoms with E-state index in [-0.39, 0.29) is 5.41 Å². The van der Waals surface area contributed by atoms with E-state index in [4.69, 9.17) is 0 Å². The van der Waals surface area contributed by atoms with E-state index in [0.29, 0.717) is 5.92 Å². The summed E-state index contributed by atoms with van der Waals surface area (Å²) in [5, 5.41) is 0. The van der Waals surface area contributed by atoms with E-state index in [1.165, 1.54) is 11.1 Å². The number of benzene rings is 1. The lowest BCUT2D eigenvalue weighted by Crippen LogP contribution is -2.23. The number of nitrogens with zero attached hydrogens (tertiary/aromatic N) is 1. The Hall–Kier alpha value is -1.63. The fraction of sp³-hybridized carbons (Fsp3) is 0.389. The molecule has 1 heterocycles. The smallest absolute Gasteiger partial charge is 0.0270 e. The molecule has 1 aromatic carbocycles. The van der Waals surface area contributed by atoms with Crippen LogP contribution in [0.5, 0.6) is 0 Å². The van der Waals surface area contributed by atoms with Crippen molar-refractivity contribution < 1.29 is 0 Å². The van der Waals surface area contributed by atoms with Crippen molar-refractivity contribution in [2.45, 2.75) is 44.9 Å². The predicted octanol–water partition coefficient (Wildman–Crippen LogP) is 4.94. The van der Waals surface area contributed by atoms with Crippen molar-refractivity contribution in [2.75, 3.05) is 0 Å². The number of hydrogen-bond acceptors (Lipinski definition) is 1. The van der Waals surface area contributed by atoms with Crippen LogP contribution in [-0.4, -0.2) is 4.98 Å². The third kappa shape index (κ3) is 3.23. The van der Waals surface area contributed by atoms with Crippen molar-refractivity contribution in [2.24, 2.45) is 0 Å². The molecular weight excluding hydrogens is 230 g/mol. The van der Waals surface area contributed by atoms with Gasteiger partial charge in [0.25, 0.3) is 0 Å². The summed E-state index contributed by atoms with van der Waals surface area (Å²) in [6, 6.07) is 15.1. The van der Waals surface area contributed by atoms with Crippen LogP contribution in [0.3, 0.4) is 0 Å². The Labute approximate surface area is 116 Å². The van der Waals surface area contributed by atoms with Crippen LogP contribution in [0.4, 0.5) is 0 Å². The Morgan fingerprint density at radius 1 is 1.05 bits per heavy atom. The van der Waals surface area contributed by atoms with Gasteiger partial charge in [0.15, 0.2) is 0 Å². The molecule has 2 unspecified atom stereocenters. The summed E-state index contributed by atoms with van der Waals surface area (Å²) >= 11 is 0. The van der Waals surface area contributed by atoms with Gasteiger partial charge in [0, 0.05) is 12.4 Å². The quantitative estimate of drug-likeness (QED) is 0.735. The molecule has 0 spiro atoms. The number of rotatable bonds is 5. The summed E-state index contributed by atoms with van der Waals surface area (Å²) in [5.41, 5.74) is 3.06. The summed E-state index contributed by atoms with van der Waals surface area (Å²) in [7, 11) is 0. The van der Waals surface area contributed by atoms with Gasteiger partial charge in [-0.05, 0) is 47.4 Å². The van der Waals surface area contributed by atoms with Crippen LogP contribution in [0.2, 0.25) is 0 Å². The molecule has 0 aliphatic heterocycles. The molecule has 0 fully saturated rings. The van der Waals surface area contributed by atoms with E-state index in [1.54, 1.807) is 0 Å². The number of hydrogen-bond donors (Lipinski definition) is 0. The Morgan fingerprint density at radius 3 is 2.26 bits per heavy atom. The number of pyridine rings is 1. The molecule has 2 aromatic rings. The van der Waals surface area contributed by atoms with Gasteiger partial charge in [-0.3, -0.25) is 4.98 Å². The molecule has 0 amide bonds. The van der Waals surface area contributed by atoms with Gasteiger partial charge in [0.2, 0.25) is 0 Å². The van der Waals surface area contributed by atoms with Crippen molar-refractivity contribution in [1.82, 2.24) is 4.98 Å². The highest BCUT2D eigenvalue weighted by molar-refractivity contribution is 5.26. The molecule has 0 saturated carbocycles. The first-order chi connectivity index (χ1) is 9.15. The minimum atomic E-state index is 0.240. The predicted molar refractivity (Wildman–Crippen MR) is 81.4 cm³/mol. The molecule has 0 radical (unpaired) electrons. The van der Waals surface area contributed by atoms with E-state index >= 15 is 0 Å². The van der Waals surface area contributed by atoms with Gasteiger partial charge in [-0.2, -0.15) is 0 Å². The van der Waals surface area contributed by atoms with Crippen molar-refractivity contribution >= 4 is 0 Å². The standard InChI is InChI=1S/C18H23N/c1-4-18(3,17-8-6-5-7-9-17)14-15(2)16-10-12-19-13-11-16/h5-13,15H,4,14H2,1-3H3. The highest BCUT2D eigenvalue weighted by atomic mass is 14.6. The van der Waals surface area contributed by atoms with Crippen LogP contribution in [0.1, 0.15) is 50.7 Å². The SMILES string of the molecule is CCC(C)(CC(C)c1ccncc1)c1ccccc1. The van der Waals surface area contributed by atoms with E-state index in [2.05, 4.69) is 68.2 Å². The zero-order valence-electron chi connectivity index (χ0n) is 12.1. The highest BCUT2D eigenvalue weighted by Gasteiger charge is 2.27. The molecule has 2 atom stereocenters. The van der Waals surface area contributed by atoms with Gasteiger partial charge >= 0.3 is 0 Å². The average molecular weight is 253 g/mol. The van der Waals surface area contributed by atoms with Crippen molar-refractivity contribution in [3.63, 3.8) is 0 Å². The minimum Gasteiger partial charge on any atom is -0.265 e. The van der Waals surface area contributed by atoms with Crippen LogP contribution in [0, 0.1) is 0 Å². The molecule has 0 bridgehead atoms. The minimum absolute atomic E-state index is 0.240. The summed E-state index contributed by atoms with van der Waals surface area (Å²) in [6.07, 6.45) is 6.10. The molecule has 0 N–H and O–H groups in total. The maximum atomic E-state index is 4.10. The molecular formula is C18H23N. The first-order valence-electron chi connectivity index (χ1n) is 7.11. The first-order valence-corrected chi connectivity index (χ1v) is 7.11. The maximum absolute atomic E-state index is 4.10. The third-order valence-electron chi connectivity index (χ3n) is 4.28. The Balaban J connectivity index is 2.20. The maximum Gasteiger partial charge on any atom is 0.0270 e. The zero-order valence-corrected chi connectivity index (χ0v) is 12.1. The Morgan fingerprint density at radius 2 is 1.68 bits per heavy atom. The fourth-order valence-corrected chi connectivity index (χ4v) is 2.79.